The van der Waals surface area contributed by atoms with Gasteiger partial charge < -0.3 is 5.32 Å². The molecular weight excluding hydrogens is 309 g/mol. The molecule has 0 saturated carbocycles. The van der Waals surface area contributed by atoms with Gasteiger partial charge in [0, 0.05) is 16.7 Å². The van der Waals surface area contributed by atoms with Gasteiger partial charge in [-0.2, -0.15) is 0 Å². The summed E-state index contributed by atoms with van der Waals surface area (Å²) < 4.78 is 0. The van der Waals surface area contributed by atoms with E-state index in [-0.39, 0.29) is 6.04 Å². The maximum Gasteiger partial charge on any atom is 0.0595 e. The molecule has 4 heteroatoms. The molecule has 106 valence electrons. The van der Waals surface area contributed by atoms with Crippen molar-refractivity contribution in [2.24, 2.45) is 0 Å². The van der Waals surface area contributed by atoms with Crippen molar-refractivity contribution >= 4 is 35.0 Å². The average molecular weight is 326 g/mol. The van der Waals surface area contributed by atoms with Crippen LogP contribution >= 0.6 is 35.0 Å². The van der Waals surface area contributed by atoms with E-state index in [1.165, 1.54) is 10.5 Å². The summed E-state index contributed by atoms with van der Waals surface area (Å²) in [7, 11) is 1.96. The third kappa shape index (κ3) is 4.16. The fourth-order valence-electron chi connectivity index (χ4n) is 1.89. The molecule has 2 rings (SSSR count). The van der Waals surface area contributed by atoms with Crippen LogP contribution in [0.15, 0.2) is 47.4 Å². The van der Waals surface area contributed by atoms with Crippen LogP contribution < -0.4 is 5.32 Å². The molecule has 0 spiro atoms. The number of nitrogens with one attached hydrogen (secondary N) is 1. The predicted octanol–water partition coefficient (Wildman–Crippen LogP) is 5.35. The highest BCUT2D eigenvalue weighted by Crippen LogP contribution is 2.29. The number of hydrogen-bond acceptors (Lipinski definition) is 2. The molecule has 1 N–H and O–H groups in total. The number of halogens is 2. The molecule has 0 amide bonds. The molecule has 0 aliphatic rings. The van der Waals surface area contributed by atoms with Crippen molar-refractivity contribution in [3.8, 4) is 0 Å². The number of benzene rings is 2. The minimum absolute atomic E-state index is 0.246. The first kappa shape index (κ1) is 15.7. The lowest BCUT2D eigenvalue weighted by atomic mass is 10.1. The van der Waals surface area contributed by atoms with Gasteiger partial charge in [-0.3, -0.25) is 0 Å². The lowest BCUT2D eigenvalue weighted by Crippen LogP contribution is -2.18. The Kier molecular flexibility index (Phi) is 5.79. The molecule has 2 aromatic carbocycles. The topological polar surface area (TPSA) is 12.0 Å². The number of rotatable bonds is 5. The molecule has 20 heavy (non-hydrogen) atoms. The van der Waals surface area contributed by atoms with Crippen LogP contribution in [0, 0.1) is 6.92 Å². The lowest BCUT2D eigenvalue weighted by molar-refractivity contribution is 0.662. The molecule has 0 fully saturated rings. The van der Waals surface area contributed by atoms with E-state index in [2.05, 4.69) is 36.5 Å². The zero-order chi connectivity index (χ0) is 14.5. The molecule has 1 nitrogen and oxygen atoms in total. The number of hydrogen-bond donors (Lipinski definition) is 1. The quantitative estimate of drug-likeness (QED) is 0.743. The average Bonchev–Trinajstić information content (AvgIpc) is 2.45. The van der Waals surface area contributed by atoms with Crippen LogP contribution in [0.1, 0.15) is 17.2 Å². The second kappa shape index (κ2) is 7.37. The zero-order valence-corrected chi connectivity index (χ0v) is 13.8. The molecule has 1 unspecified atom stereocenters. The Morgan fingerprint density at radius 3 is 2.35 bits per heavy atom. The summed E-state index contributed by atoms with van der Waals surface area (Å²) >= 11 is 13.9. The van der Waals surface area contributed by atoms with Gasteiger partial charge in [0.2, 0.25) is 0 Å². The van der Waals surface area contributed by atoms with Gasteiger partial charge in [-0.25, -0.2) is 0 Å². The maximum absolute atomic E-state index is 6.08. The molecular formula is C16H17Cl2NS. The highest BCUT2D eigenvalue weighted by Gasteiger charge is 2.11. The second-order valence-electron chi connectivity index (χ2n) is 4.64. The summed E-state index contributed by atoms with van der Waals surface area (Å²) in [6.45, 7) is 2.10. The molecule has 0 bridgehead atoms. The fourth-order valence-corrected chi connectivity index (χ4v) is 3.24. The van der Waals surface area contributed by atoms with Gasteiger partial charge in [0.05, 0.1) is 10.0 Å². The molecule has 2 aromatic rings. The van der Waals surface area contributed by atoms with E-state index in [0.717, 1.165) is 11.3 Å². The van der Waals surface area contributed by atoms with E-state index < -0.39 is 0 Å². The normalized spacial score (nSPS) is 12.4. The maximum atomic E-state index is 6.08. The summed E-state index contributed by atoms with van der Waals surface area (Å²) in [5.74, 6) is 0.942. The Labute approximate surface area is 134 Å². The monoisotopic (exact) mass is 325 g/mol. The predicted molar refractivity (Wildman–Crippen MR) is 90.2 cm³/mol. The van der Waals surface area contributed by atoms with E-state index in [4.69, 9.17) is 23.2 Å². The minimum atomic E-state index is 0.246. The van der Waals surface area contributed by atoms with Crippen LogP contribution in [-0.2, 0) is 0 Å². The zero-order valence-electron chi connectivity index (χ0n) is 11.5. The number of aryl methyl sites for hydroxylation is 1. The first-order valence-electron chi connectivity index (χ1n) is 6.42. The third-order valence-corrected chi connectivity index (χ3v) is 4.98. The van der Waals surface area contributed by atoms with Crippen LogP contribution in [0.5, 0.6) is 0 Å². The second-order valence-corrected chi connectivity index (χ2v) is 6.55. The van der Waals surface area contributed by atoms with Gasteiger partial charge in [0.1, 0.15) is 0 Å². The van der Waals surface area contributed by atoms with E-state index in [0.29, 0.717) is 10.0 Å². The van der Waals surface area contributed by atoms with Crippen LogP contribution in [0.25, 0.3) is 0 Å². The Balaban J connectivity index is 2.05. The Morgan fingerprint density at radius 2 is 1.75 bits per heavy atom. The van der Waals surface area contributed by atoms with Crippen molar-refractivity contribution in [2.75, 3.05) is 12.8 Å². The smallest absolute Gasteiger partial charge is 0.0595 e. The van der Waals surface area contributed by atoms with Crippen LogP contribution in [-0.4, -0.2) is 12.8 Å². The minimum Gasteiger partial charge on any atom is -0.312 e. The van der Waals surface area contributed by atoms with Gasteiger partial charge in [-0.1, -0.05) is 47.0 Å². The third-order valence-electron chi connectivity index (χ3n) is 3.13. The molecule has 0 radical (unpaired) electrons. The Bertz CT molecular complexity index is 569. The van der Waals surface area contributed by atoms with Crippen molar-refractivity contribution in [3.05, 3.63) is 63.6 Å². The highest BCUT2D eigenvalue weighted by molar-refractivity contribution is 7.99. The SMILES string of the molecule is CNC(CSc1ccc(C)cc1)c1ccc(Cl)c(Cl)c1. The van der Waals surface area contributed by atoms with Crippen LogP contribution in [0.2, 0.25) is 10.0 Å². The van der Waals surface area contributed by atoms with Gasteiger partial charge in [-0.05, 0) is 43.8 Å². The van der Waals surface area contributed by atoms with E-state index in [1.54, 1.807) is 0 Å². The van der Waals surface area contributed by atoms with Gasteiger partial charge in [0.15, 0.2) is 0 Å². The standard InChI is InChI=1S/C16H17Cl2NS/c1-11-3-6-13(7-4-11)20-10-16(19-2)12-5-8-14(17)15(18)9-12/h3-9,16,19H,10H2,1-2H3. The van der Waals surface area contributed by atoms with Gasteiger partial charge in [0.25, 0.3) is 0 Å². The summed E-state index contributed by atoms with van der Waals surface area (Å²) in [5.41, 5.74) is 2.44. The van der Waals surface area contributed by atoms with E-state index >= 15 is 0 Å². The van der Waals surface area contributed by atoms with E-state index in [1.807, 2.05) is 37.0 Å². The summed E-state index contributed by atoms with van der Waals surface area (Å²) in [6, 6.07) is 14.6. The lowest BCUT2D eigenvalue weighted by Gasteiger charge is -2.17. The molecule has 0 saturated heterocycles. The van der Waals surface area contributed by atoms with Crippen molar-refractivity contribution in [2.45, 2.75) is 17.9 Å². The first-order chi connectivity index (χ1) is 9.60. The molecule has 0 heterocycles. The largest absolute Gasteiger partial charge is 0.312 e. The van der Waals surface area contributed by atoms with Gasteiger partial charge >= 0.3 is 0 Å². The highest BCUT2D eigenvalue weighted by atomic mass is 35.5. The Hall–Kier alpha value is -0.670. The summed E-state index contributed by atoms with van der Waals surface area (Å²) in [4.78, 5) is 1.27. The molecule has 1 atom stereocenters. The first-order valence-corrected chi connectivity index (χ1v) is 8.16. The van der Waals surface area contributed by atoms with Crippen molar-refractivity contribution < 1.29 is 0 Å². The van der Waals surface area contributed by atoms with Crippen molar-refractivity contribution in [3.63, 3.8) is 0 Å². The van der Waals surface area contributed by atoms with Crippen LogP contribution in [0.4, 0.5) is 0 Å². The van der Waals surface area contributed by atoms with Crippen molar-refractivity contribution in [1.82, 2.24) is 5.32 Å². The molecule has 0 aliphatic carbocycles. The Morgan fingerprint density at radius 1 is 1.05 bits per heavy atom. The summed E-state index contributed by atoms with van der Waals surface area (Å²) in [6.07, 6.45) is 0. The molecule has 0 aromatic heterocycles. The number of thioether (sulfide) groups is 1. The summed E-state index contributed by atoms with van der Waals surface area (Å²) in [5, 5.41) is 4.52. The van der Waals surface area contributed by atoms with E-state index in [9.17, 15) is 0 Å². The van der Waals surface area contributed by atoms with Crippen molar-refractivity contribution in [1.29, 1.82) is 0 Å². The fraction of sp³-hybridized carbons (Fsp3) is 0.250. The van der Waals surface area contributed by atoms with Gasteiger partial charge in [-0.15, -0.1) is 11.8 Å². The molecule has 0 aliphatic heterocycles. The van der Waals surface area contributed by atoms with Crippen LogP contribution in [0.3, 0.4) is 0 Å².